The van der Waals surface area contributed by atoms with Crippen LogP contribution in [0.1, 0.15) is 45.6 Å². The van der Waals surface area contributed by atoms with E-state index in [0.29, 0.717) is 16.7 Å². The molecule has 2 heteroatoms. The maximum atomic E-state index is 6.60. The first-order valence-electron chi connectivity index (χ1n) is 7.67. The second-order valence-corrected chi connectivity index (χ2v) is 7.73. The third kappa shape index (κ3) is 3.69. The Kier molecular flexibility index (Phi) is 5.01. The lowest BCUT2D eigenvalue weighted by molar-refractivity contribution is 0.143. The fourth-order valence-electron chi connectivity index (χ4n) is 3.38. The number of hydrogen-bond acceptors (Lipinski definition) is 1. The van der Waals surface area contributed by atoms with Crippen LogP contribution in [-0.4, -0.2) is 12.5 Å². The molecule has 1 saturated carbocycles. The number of para-hydroxylation sites is 1. The van der Waals surface area contributed by atoms with E-state index < -0.39 is 0 Å². The summed E-state index contributed by atoms with van der Waals surface area (Å²) in [5, 5.41) is 0.304. The number of rotatable bonds is 3. The summed E-state index contributed by atoms with van der Waals surface area (Å²) in [6, 6.07) is 8.33. The van der Waals surface area contributed by atoms with Crippen molar-refractivity contribution in [2.75, 3.05) is 7.11 Å². The molecule has 1 aromatic carbocycles. The molecule has 3 atom stereocenters. The predicted molar refractivity (Wildman–Crippen MR) is 86.6 cm³/mol. The van der Waals surface area contributed by atoms with Crippen LogP contribution in [0.25, 0.3) is 0 Å². The first-order valence-corrected chi connectivity index (χ1v) is 8.11. The minimum atomic E-state index is 0.304. The maximum Gasteiger partial charge on any atom is 0.122 e. The average Bonchev–Trinajstić information content (AvgIpc) is 2.40. The third-order valence-electron chi connectivity index (χ3n) is 4.79. The molecule has 1 aromatic rings. The van der Waals surface area contributed by atoms with Gasteiger partial charge in [-0.3, -0.25) is 0 Å². The molecule has 112 valence electrons. The van der Waals surface area contributed by atoms with Crippen LogP contribution >= 0.6 is 11.6 Å². The highest BCUT2D eigenvalue weighted by Crippen LogP contribution is 2.43. The van der Waals surface area contributed by atoms with Crippen molar-refractivity contribution in [2.24, 2.45) is 17.3 Å². The molecular formula is C18H27ClO. The van der Waals surface area contributed by atoms with Crippen LogP contribution in [0.4, 0.5) is 0 Å². The van der Waals surface area contributed by atoms with Gasteiger partial charge in [-0.1, -0.05) is 39.0 Å². The molecule has 2 rings (SSSR count). The summed E-state index contributed by atoms with van der Waals surface area (Å²) in [6.45, 7) is 7.06. The summed E-state index contributed by atoms with van der Waals surface area (Å²) in [7, 11) is 1.75. The van der Waals surface area contributed by atoms with Gasteiger partial charge in [-0.15, -0.1) is 11.6 Å². The van der Waals surface area contributed by atoms with Crippen molar-refractivity contribution in [3.05, 3.63) is 29.8 Å². The van der Waals surface area contributed by atoms with E-state index in [1.807, 2.05) is 12.1 Å². The van der Waals surface area contributed by atoms with Crippen LogP contribution in [0.2, 0.25) is 0 Å². The lowest BCUT2D eigenvalue weighted by Crippen LogP contribution is -2.33. The Bertz CT molecular complexity index is 435. The summed E-state index contributed by atoms with van der Waals surface area (Å²) in [5.74, 6) is 2.33. The van der Waals surface area contributed by atoms with Gasteiger partial charge in [0.15, 0.2) is 0 Å². The molecular weight excluding hydrogens is 268 g/mol. The van der Waals surface area contributed by atoms with Crippen molar-refractivity contribution < 1.29 is 4.74 Å². The molecule has 0 heterocycles. The largest absolute Gasteiger partial charge is 0.496 e. The SMILES string of the molecule is COc1ccccc1CC1CC(C(C)(C)C)CCC1Cl. The summed E-state index contributed by atoms with van der Waals surface area (Å²) in [4.78, 5) is 0. The van der Waals surface area contributed by atoms with Gasteiger partial charge >= 0.3 is 0 Å². The Morgan fingerprint density at radius 2 is 1.90 bits per heavy atom. The van der Waals surface area contributed by atoms with Crippen LogP contribution in [0.15, 0.2) is 24.3 Å². The number of halogens is 1. The highest BCUT2D eigenvalue weighted by molar-refractivity contribution is 6.20. The van der Waals surface area contributed by atoms with Gasteiger partial charge in [0, 0.05) is 5.38 Å². The molecule has 0 radical (unpaired) electrons. The molecule has 3 unspecified atom stereocenters. The molecule has 0 aliphatic heterocycles. The predicted octanol–water partition coefficient (Wildman–Crippen LogP) is 5.31. The maximum absolute atomic E-state index is 6.60. The molecule has 0 amide bonds. The Morgan fingerprint density at radius 3 is 2.55 bits per heavy atom. The first kappa shape index (κ1) is 15.7. The summed E-state index contributed by atoms with van der Waals surface area (Å²) in [5.41, 5.74) is 1.68. The number of methoxy groups -OCH3 is 1. The minimum absolute atomic E-state index is 0.304. The van der Waals surface area contributed by atoms with Crippen LogP contribution in [-0.2, 0) is 6.42 Å². The van der Waals surface area contributed by atoms with Crippen molar-refractivity contribution in [3.63, 3.8) is 0 Å². The second-order valence-electron chi connectivity index (χ2n) is 7.17. The fourth-order valence-corrected chi connectivity index (χ4v) is 3.70. The Balaban J connectivity index is 2.10. The Morgan fingerprint density at radius 1 is 1.20 bits per heavy atom. The van der Waals surface area contributed by atoms with Gasteiger partial charge in [0.2, 0.25) is 0 Å². The van der Waals surface area contributed by atoms with Crippen molar-refractivity contribution in [1.29, 1.82) is 0 Å². The van der Waals surface area contributed by atoms with E-state index >= 15 is 0 Å². The number of benzene rings is 1. The average molecular weight is 295 g/mol. The number of alkyl halides is 1. The fraction of sp³-hybridized carbons (Fsp3) is 0.667. The Hall–Kier alpha value is -0.690. The highest BCUT2D eigenvalue weighted by Gasteiger charge is 2.35. The lowest BCUT2D eigenvalue weighted by Gasteiger charge is -2.40. The van der Waals surface area contributed by atoms with E-state index in [2.05, 4.69) is 32.9 Å². The number of hydrogen-bond donors (Lipinski definition) is 0. The lowest BCUT2D eigenvalue weighted by atomic mass is 9.68. The van der Waals surface area contributed by atoms with Crippen LogP contribution in [0, 0.1) is 17.3 Å². The molecule has 0 aromatic heterocycles. The standard InChI is InChI=1S/C18H27ClO/c1-18(2,3)15-9-10-16(19)14(12-15)11-13-7-5-6-8-17(13)20-4/h5-8,14-16H,9-12H2,1-4H3. The van der Waals surface area contributed by atoms with Crippen LogP contribution in [0.3, 0.4) is 0 Å². The smallest absolute Gasteiger partial charge is 0.122 e. The molecule has 1 fully saturated rings. The molecule has 0 N–H and O–H groups in total. The van der Waals surface area contributed by atoms with Gasteiger partial charge < -0.3 is 4.74 Å². The van der Waals surface area contributed by atoms with Gasteiger partial charge in [0.05, 0.1) is 7.11 Å². The zero-order valence-corrected chi connectivity index (χ0v) is 13.9. The zero-order valence-electron chi connectivity index (χ0n) is 13.2. The van der Waals surface area contributed by atoms with Crippen molar-refractivity contribution in [3.8, 4) is 5.75 Å². The van der Waals surface area contributed by atoms with E-state index in [4.69, 9.17) is 16.3 Å². The summed E-state index contributed by atoms with van der Waals surface area (Å²) < 4.78 is 5.47. The third-order valence-corrected chi connectivity index (χ3v) is 5.36. The van der Waals surface area contributed by atoms with Crippen LogP contribution < -0.4 is 4.74 Å². The topological polar surface area (TPSA) is 9.23 Å². The molecule has 0 spiro atoms. The van der Waals surface area contributed by atoms with Crippen molar-refractivity contribution >= 4 is 11.6 Å². The van der Waals surface area contributed by atoms with E-state index in [0.717, 1.165) is 24.5 Å². The monoisotopic (exact) mass is 294 g/mol. The normalized spacial score (nSPS) is 27.4. The van der Waals surface area contributed by atoms with Gasteiger partial charge in [-0.2, -0.15) is 0 Å². The highest BCUT2D eigenvalue weighted by atomic mass is 35.5. The Labute approximate surface area is 128 Å². The molecule has 20 heavy (non-hydrogen) atoms. The van der Waals surface area contributed by atoms with E-state index in [9.17, 15) is 0 Å². The van der Waals surface area contributed by atoms with E-state index in [-0.39, 0.29) is 0 Å². The van der Waals surface area contributed by atoms with Gasteiger partial charge in [-0.25, -0.2) is 0 Å². The van der Waals surface area contributed by atoms with Gasteiger partial charge in [0.1, 0.15) is 5.75 Å². The summed E-state index contributed by atoms with van der Waals surface area (Å²) >= 11 is 6.60. The van der Waals surface area contributed by atoms with Crippen LogP contribution in [0.5, 0.6) is 5.75 Å². The molecule has 1 aliphatic carbocycles. The molecule has 1 nitrogen and oxygen atoms in total. The second kappa shape index (κ2) is 6.39. The molecule has 1 aliphatic rings. The quantitative estimate of drug-likeness (QED) is 0.687. The van der Waals surface area contributed by atoms with Gasteiger partial charge in [-0.05, 0) is 54.6 Å². The van der Waals surface area contributed by atoms with Gasteiger partial charge in [0.25, 0.3) is 0 Å². The van der Waals surface area contributed by atoms with Crippen molar-refractivity contribution in [1.82, 2.24) is 0 Å². The van der Waals surface area contributed by atoms with E-state index in [1.54, 1.807) is 7.11 Å². The molecule has 0 saturated heterocycles. The molecule has 0 bridgehead atoms. The van der Waals surface area contributed by atoms with E-state index in [1.165, 1.54) is 18.4 Å². The van der Waals surface area contributed by atoms with Crippen molar-refractivity contribution in [2.45, 2.75) is 51.8 Å². The summed E-state index contributed by atoms with van der Waals surface area (Å²) in [6.07, 6.45) is 4.67. The minimum Gasteiger partial charge on any atom is -0.496 e. The zero-order chi connectivity index (χ0) is 14.8. The first-order chi connectivity index (χ1) is 9.41. The number of ether oxygens (including phenoxy) is 1.